The van der Waals surface area contributed by atoms with Crippen LogP contribution in [0.2, 0.25) is 0 Å². The Labute approximate surface area is 102 Å². The molecule has 0 amide bonds. The van der Waals surface area contributed by atoms with E-state index in [-0.39, 0.29) is 0 Å². The van der Waals surface area contributed by atoms with Crippen LogP contribution in [0.25, 0.3) is 0 Å². The lowest BCUT2D eigenvalue weighted by Gasteiger charge is -2.03. The minimum absolute atomic E-state index is 0.694. The van der Waals surface area contributed by atoms with E-state index in [2.05, 4.69) is 38.2 Å². The van der Waals surface area contributed by atoms with Gasteiger partial charge in [0.15, 0.2) is 0 Å². The Morgan fingerprint density at radius 2 is 2.07 bits per heavy atom. The fourth-order valence-corrected chi connectivity index (χ4v) is 1.76. The maximum absolute atomic E-state index is 8.66. The number of hydrogen-bond acceptors (Lipinski definition) is 2. The summed E-state index contributed by atoms with van der Waals surface area (Å²) in [6.45, 7) is 0.796. The largest absolute Gasteiger partial charge is 0.322 e. The monoisotopic (exact) mass is 309 g/mol. The van der Waals surface area contributed by atoms with Gasteiger partial charge in [0.2, 0.25) is 0 Å². The highest BCUT2D eigenvalue weighted by atomic mass is 127. The Hall–Kier alpha value is -1.35. The Kier molecular flexibility index (Phi) is 3.02. The lowest BCUT2D eigenvalue weighted by molar-refractivity contribution is 0.778. The van der Waals surface area contributed by atoms with Crippen LogP contribution in [0.15, 0.2) is 36.8 Å². The molecule has 0 unspecified atom stereocenters. The first-order chi connectivity index (χ1) is 7.29. The average molecular weight is 309 g/mol. The Bertz CT molecular complexity index is 493. The molecule has 74 valence electrons. The normalized spacial score (nSPS) is 9.87. The number of hydrogen-bond donors (Lipinski definition) is 0. The van der Waals surface area contributed by atoms with E-state index >= 15 is 0 Å². The maximum atomic E-state index is 8.66. The molecule has 3 nitrogen and oxygen atoms in total. The van der Waals surface area contributed by atoms with Crippen molar-refractivity contribution in [3.8, 4) is 6.07 Å². The van der Waals surface area contributed by atoms with Crippen LogP contribution < -0.4 is 0 Å². The second-order valence-electron chi connectivity index (χ2n) is 3.15. The predicted octanol–water partition coefficient (Wildman–Crippen LogP) is 2.41. The summed E-state index contributed by atoms with van der Waals surface area (Å²) in [5.41, 5.74) is 1.86. The van der Waals surface area contributed by atoms with Crippen LogP contribution in [0.5, 0.6) is 0 Å². The molecular weight excluding hydrogens is 301 g/mol. The van der Waals surface area contributed by atoms with Gasteiger partial charge in [-0.05, 0) is 40.3 Å². The molecule has 0 aliphatic carbocycles. The van der Waals surface area contributed by atoms with Crippen molar-refractivity contribution in [2.75, 3.05) is 0 Å². The molecule has 0 aliphatic heterocycles. The van der Waals surface area contributed by atoms with Crippen molar-refractivity contribution in [3.63, 3.8) is 0 Å². The lowest BCUT2D eigenvalue weighted by atomic mass is 10.1. The summed E-state index contributed by atoms with van der Waals surface area (Å²) in [6, 6.07) is 9.70. The molecule has 0 atom stereocenters. The van der Waals surface area contributed by atoms with Gasteiger partial charge in [0.05, 0.1) is 27.9 Å². The van der Waals surface area contributed by atoms with Crippen LogP contribution >= 0.6 is 22.6 Å². The molecule has 0 saturated heterocycles. The minimum Gasteiger partial charge on any atom is -0.322 e. The second kappa shape index (κ2) is 4.45. The van der Waals surface area contributed by atoms with Gasteiger partial charge in [0.1, 0.15) is 0 Å². The number of benzene rings is 1. The van der Waals surface area contributed by atoms with Crippen molar-refractivity contribution in [1.29, 1.82) is 5.26 Å². The van der Waals surface area contributed by atoms with Gasteiger partial charge in [-0.3, -0.25) is 0 Å². The van der Waals surface area contributed by atoms with E-state index in [1.165, 1.54) is 5.56 Å². The third-order valence-electron chi connectivity index (χ3n) is 2.10. The molecular formula is C11H8IN3. The van der Waals surface area contributed by atoms with E-state index in [9.17, 15) is 0 Å². The number of rotatable bonds is 2. The predicted molar refractivity (Wildman–Crippen MR) is 65.2 cm³/mol. The highest BCUT2D eigenvalue weighted by Gasteiger charge is 1.99. The van der Waals surface area contributed by atoms with Crippen molar-refractivity contribution in [2.45, 2.75) is 6.54 Å². The zero-order valence-electron chi connectivity index (χ0n) is 7.89. The van der Waals surface area contributed by atoms with Crippen molar-refractivity contribution in [3.05, 3.63) is 51.6 Å². The fourth-order valence-electron chi connectivity index (χ4n) is 1.30. The molecule has 0 aliphatic rings. The van der Waals surface area contributed by atoms with Crippen LogP contribution in [-0.4, -0.2) is 9.55 Å². The van der Waals surface area contributed by atoms with E-state index in [0.29, 0.717) is 5.56 Å². The van der Waals surface area contributed by atoms with E-state index < -0.39 is 0 Å². The molecule has 4 heteroatoms. The van der Waals surface area contributed by atoms with Gasteiger partial charge in [-0.2, -0.15) is 5.26 Å². The molecule has 15 heavy (non-hydrogen) atoms. The number of nitrogens with zero attached hydrogens (tertiary/aromatic N) is 3. The van der Waals surface area contributed by atoms with Gasteiger partial charge >= 0.3 is 0 Å². The first kappa shape index (κ1) is 10.2. The SMILES string of the molecule is N#Cc1ccc(Cn2cncc2I)cc1. The average Bonchev–Trinajstić information content (AvgIpc) is 2.66. The minimum atomic E-state index is 0.694. The van der Waals surface area contributed by atoms with Gasteiger partial charge in [0.25, 0.3) is 0 Å². The molecule has 0 N–H and O–H groups in total. The molecule has 1 aromatic heterocycles. The lowest BCUT2D eigenvalue weighted by Crippen LogP contribution is -1.99. The van der Waals surface area contributed by atoms with Crippen LogP contribution in [0.3, 0.4) is 0 Å². The van der Waals surface area contributed by atoms with Gasteiger partial charge in [-0.1, -0.05) is 12.1 Å². The molecule has 2 rings (SSSR count). The fraction of sp³-hybridized carbons (Fsp3) is 0.0909. The van der Waals surface area contributed by atoms with Crippen molar-refractivity contribution < 1.29 is 0 Å². The summed E-state index contributed by atoms with van der Waals surface area (Å²) in [6.07, 6.45) is 3.63. The topological polar surface area (TPSA) is 41.6 Å². The number of imidazole rings is 1. The molecule has 1 aromatic carbocycles. The molecule has 0 spiro atoms. The van der Waals surface area contributed by atoms with Crippen LogP contribution in [-0.2, 0) is 6.54 Å². The van der Waals surface area contributed by atoms with E-state index in [1.54, 1.807) is 6.33 Å². The first-order valence-electron chi connectivity index (χ1n) is 4.44. The summed E-state index contributed by atoms with van der Waals surface area (Å²) >= 11 is 2.24. The van der Waals surface area contributed by atoms with Gasteiger partial charge in [-0.15, -0.1) is 0 Å². The van der Waals surface area contributed by atoms with E-state index in [4.69, 9.17) is 5.26 Å². The van der Waals surface area contributed by atoms with Crippen LogP contribution in [0.4, 0.5) is 0 Å². The number of nitriles is 1. The summed E-state index contributed by atoms with van der Waals surface area (Å²) in [4.78, 5) is 4.05. The highest BCUT2D eigenvalue weighted by molar-refractivity contribution is 14.1. The standard InChI is InChI=1S/C11H8IN3/c12-11-6-14-8-15(11)7-10-3-1-9(5-13)2-4-10/h1-4,6,8H,7H2. The summed E-state index contributed by atoms with van der Waals surface area (Å²) in [7, 11) is 0. The van der Waals surface area contributed by atoms with Crippen molar-refractivity contribution in [1.82, 2.24) is 9.55 Å². The summed E-state index contributed by atoms with van der Waals surface area (Å²) in [5.74, 6) is 0. The quantitative estimate of drug-likeness (QED) is 0.800. The smallest absolute Gasteiger partial charge is 0.0998 e. The van der Waals surface area contributed by atoms with Crippen molar-refractivity contribution in [2.24, 2.45) is 0 Å². The molecule has 0 radical (unpaired) electrons. The van der Waals surface area contributed by atoms with Gasteiger partial charge < -0.3 is 4.57 Å². The summed E-state index contributed by atoms with van der Waals surface area (Å²) < 4.78 is 3.17. The molecule has 0 fully saturated rings. The van der Waals surface area contributed by atoms with E-state index in [0.717, 1.165) is 10.2 Å². The van der Waals surface area contributed by atoms with E-state index in [1.807, 2.05) is 30.5 Å². The molecule has 0 bridgehead atoms. The third-order valence-corrected chi connectivity index (χ3v) is 3.00. The Balaban J connectivity index is 2.19. The van der Waals surface area contributed by atoms with Gasteiger partial charge in [-0.25, -0.2) is 4.98 Å². The first-order valence-corrected chi connectivity index (χ1v) is 5.52. The molecule has 1 heterocycles. The number of aromatic nitrogens is 2. The van der Waals surface area contributed by atoms with Gasteiger partial charge in [0, 0.05) is 6.54 Å². The summed E-state index contributed by atoms with van der Waals surface area (Å²) in [5, 5.41) is 8.66. The zero-order chi connectivity index (χ0) is 10.7. The number of halogens is 1. The Morgan fingerprint density at radius 3 is 2.60 bits per heavy atom. The molecule has 2 aromatic rings. The van der Waals surface area contributed by atoms with Crippen LogP contribution in [0, 0.1) is 15.0 Å². The molecule has 0 saturated carbocycles. The highest BCUT2D eigenvalue weighted by Crippen LogP contribution is 2.09. The second-order valence-corrected chi connectivity index (χ2v) is 4.26. The van der Waals surface area contributed by atoms with Crippen LogP contribution in [0.1, 0.15) is 11.1 Å². The maximum Gasteiger partial charge on any atom is 0.0998 e. The van der Waals surface area contributed by atoms with Crippen molar-refractivity contribution >= 4 is 22.6 Å². The third kappa shape index (κ3) is 2.36. The Morgan fingerprint density at radius 1 is 1.33 bits per heavy atom. The zero-order valence-corrected chi connectivity index (χ0v) is 10.0.